The van der Waals surface area contributed by atoms with Gasteiger partial charge in [-0.15, -0.1) is 0 Å². The summed E-state index contributed by atoms with van der Waals surface area (Å²) in [5, 5.41) is 0. The lowest BCUT2D eigenvalue weighted by atomic mass is 9.98. The minimum Gasteiger partial charge on any atom is -0.206 e. The van der Waals surface area contributed by atoms with Gasteiger partial charge in [0.05, 0.1) is 5.41 Å². The van der Waals surface area contributed by atoms with E-state index in [-0.39, 0.29) is 6.42 Å². The topological polar surface area (TPSA) is 0 Å². The Morgan fingerprint density at radius 1 is 1.31 bits per heavy atom. The van der Waals surface area contributed by atoms with Gasteiger partial charge in [-0.25, -0.2) is 8.78 Å². The van der Waals surface area contributed by atoms with Crippen LogP contribution in [0, 0.1) is 0 Å². The van der Waals surface area contributed by atoms with Crippen LogP contribution in [-0.4, -0.2) is 5.92 Å². The fraction of sp³-hybridized carbons (Fsp3) is 0.400. The number of hydrogen-bond donors (Lipinski definition) is 0. The molecule has 1 aliphatic carbocycles. The van der Waals surface area contributed by atoms with E-state index in [1.54, 1.807) is 25.1 Å². The van der Waals surface area contributed by atoms with Gasteiger partial charge in [-0.3, -0.25) is 0 Å². The Labute approximate surface area is 84.1 Å². The van der Waals surface area contributed by atoms with Crippen LogP contribution in [0.15, 0.2) is 28.7 Å². The van der Waals surface area contributed by atoms with E-state index in [1.807, 2.05) is 6.07 Å². The van der Waals surface area contributed by atoms with Crippen molar-refractivity contribution in [1.82, 2.24) is 0 Å². The summed E-state index contributed by atoms with van der Waals surface area (Å²) in [5.41, 5.74) is -0.243. The Balaban J connectivity index is 2.44. The zero-order chi connectivity index (χ0) is 9.69. The standard InChI is InChI=1S/C10H9BrF2/c1-9(6-10(9,12)13)7-4-2-3-5-8(7)11/h2-5H,6H2,1H3. The average Bonchev–Trinajstić information content (AvgIpc) is 2.53. The van der Waals surface area contributed by atoms with E-state index < -0.39 is 11.3 Å². The van der Waals surface area contributed by atoms with E-state index >= 15 is 0 Å². The Morgan fingerprint density at radius 2 is 1.85 bits per heavy atom. The van der Waals surface area contributed by atoms with Gasteiger partial charge in [-0.1, -0.05) is 34.1 Å². The molecule has 1 saturated carbocycles. The first-order valence-electron chi connectivity index (χ1n) is 4.10. The van der Waals surface area contributed by atoms with Crippen molar-refractivity contribution in [3.8, 4) is 0 Å². The molecule has 0 N–H and O–H groups in total. The molecular weight excluding hydrogens is 238 g/mol. The molecule has 1 fully saturated rings. The lowest BCUT2D eigenvalue weighted by Gasteiger charge is -2.12. The van der Waals surface area contributed by atoms with E-state index in [9.17, 15) is 8.78 Å². The maximum absolute atomic E-state index is 13.0. The maximum atomic E-state index is 13.0. The Morgan fingerprint density at radius 3 is 2.31 bits per heavy atom. The summed E-state index contributed by atoms with van der Waals surface area (Å²) in [7, 11) is 0. The summed E-state index contributed by atoms with van der Waals surface area (Å²) >= 11 is 3.29. The first-order chi connectivity index (χ1) is 5.97. The molecule has 70 valence electrons. The quantitative estimate of drug-likeness (QED) is 0.709. The molecule has 1 unspecified atom stereocenters. The van der Waals surface area contributed by atoms with Crippen molar-refractivity contribution in [3.63, 3.8) is 0 Å². The Bertz CT molecular complexity index is 349. The molecule has 0 nitrogen and oxygen atoms in total. The van der Waals surface area contributed by atoms with Crippen LogP contribution >= 0.6 is 15.9 Å². The number of rotatable bonds is 1. The van der Waals surface area contributed by atoms with Crippen LogP contribution in [0.5, 0.6) is 0 Å². The van der Waals surface area contributed by atoms with Gasteiger partial charge in [0.1, 0.15) is 0 Å². The van der Waals surface area contributed by atoms with Crippen molar-refractivity contribution in [2.75, 3.05) is 0 Å². The summed E-state index contributed by atoms with van der Waals surface area (Å²) in [6.07, 6.45) is -0.0391. The van der Waals surface area contributed by atoms with Crippen LogP contribution in [0.4, 0.5) is 8.78 Å². The molecule has 1 aliphatic rings. The van der Waals surface area contributed by atoms with Crippen molar-refractivity contribution in [2.24, 2.45) is 0 Å². The van der Waals surface area contributed by atoms with Gasteiger partial charge < -0.3 is 0 Å². The number of halogens is 3. The lowest BCUT2D eigenvalue weighted by Crippen LogP contribution is -2.11. The van der Waals surface area contributed by atoms with Crippen molar-refractivity contribution in [2.45, 2.75) is 24.7 Å². The largest absolute Gasteiger partial charge is 0.258 e. The molecule has 0 spiro atoms. The van der Waals surface area contributed by atoms with Gasteiger partial charge in [0.15, 0.2) is 0 Å². The fourth-order valence-corrected chi connectivity index (χ4v) is 2.32. The summed E-state index contributed by atoms with van der Waals surface area (Å²) in [4.78, 5) is 0. The molecule has 0 amide bonds. The molecule has 0 saturated heterocycles. The zero-order valence-electron chi connectivity index (χ0n) is 7.15. The summed E-state index contributed by atoms with van der Waals surface area (Å²) in [5.74, 6) is -2.53. The first-order valence-corrected chi connectivity index (χ1v) is 4.89. The van der Waals surface area contributed by atoms with Crippen LogP contribution in [0.1, 0.15) is 18.9 Å². The van der Waals surface area contributed by atoms with E-state index in [1.165, 1.54) is 0 Å². The van der Waals surface area contributed by atoms with Gasteiger partial charge in [-0.2, -0.15) is 0 Å². The van der Waals surface area contributed by atoms with Gasteiger partial charge in [0.2, 0.25) is 0 Å². The summed E-state index contributed by atoms with van der Waals surface area (Å²) < 4.78 is 26.8. The molecule has 1 aromatic carbocycles. The van der Waals surface area contributed by atoms with Gasteiger partial charge in [-0.05, 0) is 18.6 Å². The fourth-order valence-electron chi connectivity index (χ4n) is 1.60. The highest BCUT2D eigenvalue weighted by Crippen LogP contribution is 2.62. The zero-order valence-corrected chi connectivity index (χ0v) is 8.74. The maximum Gasteiger partial charge on any atom is 0.258 e. The highest BCUT2D eigenvalue weighted by Gasteiger charge is 2.69. The lowest BCUT2D eigenvalue weighted by molar-refractivity contribution is 0.0918. The third kappa shape index (κ3) is 1.21. The molecule has 0 heterocycles. The Hall–Kier alpha value is -0.440. The van der Waals surface area contributed by atoms with Crippen molar-refractivity contribution in [1.29, 1.82) is 0 Å². The normalized spacial score (nSPS) is 30.2. The van der Waals surface area contributed by atoms with Crippen molar-refractivity contribution < 1.29 is 8.78 Å². The SMILES string of the molecule is CC1(c2ccccc2Br)CC1(F)F. The monoisotopic (exact) mass is 246 g/mol. The molecule has 0 aromatic heterocycles. The van der Waals surface area contributed by atoms with Crippen molar-refractivity contribution >= 4 is 15.9 Å². The molecule has 1 atom stereocenters. The summed E-state index contributed by atoms with van der Waals surface area (Å²) in [6.45, 7) is 1.60. The molecule has 1 aromatic rings. The minimum atomic E-state index is -2.53. The second-order valence-corrected chi connectivity index (χ2v) is 4.55. The van der Waals surface area contributed by atoms with E-state index in [4.69, 9.17) is 0 Å². The molecule has 3 heteroatoms. The number of hydrogen-bond acceptors (Lipinski definition) is 0. The second-order valence-electron chi connectivity index (χ2n) is 3.69. The van der Waals surface area contributed by atoms with E-state index in [0.29, 0.717) is 5.56 Å². The van der Waals surface area contributed by atoms with E-state index in [0.717, 1.165) is 4.47 Å². The van der Waals surface area contributed by atoms with Crippen LogP contribution in [-0.2, 0) is 5.41 Å². The molecule has 0 bridgehead atoms. The second kappa shape index (κ2) is 2.53. The van der Waals surface area contributed by atoms with Crippen LogP contribution in [0.3, 0.4) is 0 Å². The highest BCUT2D eigenvalue weighted by molar-refractivity contribution is 9.10. The van der Waals surface area contributed by atoms with Gasteiger partial charge in [0.25, 0.3) is 5.92 Å². The number of alkyl halides is 2. The van der Waals surface area contributed by atoms with Crippen LogP contribution in [0.25, 0.3) is 0 Å². The van der Waals surface area contributed by atoms with Gasteiger partial charge in [0, 0.05) is 10.9 Å². The predicted octanol–water partition coefficient (Wildman–Crippen LogP) is 3.75. The molecule has 0 aliphatic heterocycles. The van der Waals surface area contributed by atoms with Crippen LogP contribution in [0.2, 0.25) is 0 Å². The van der Waals surface area contributed by atoms with E-state index in [2.05, 4.69) is 15.9 Å². The number of benzene rings is 1. The van der Waals surface area contributed by atoms with Gasteiger partial charge >= 0.3 is 0 Å². The summed E-state index contributed by atoms with van der Waals surface area (Å²) in [6, 6.07) is 7.18. The molecule has 13 heavy (non-hydrogen) atoms. The van der Waals surface area contributed by atoms with Crippen LogP contribution < -0.4 is 0 Å². The first kappa shape index (κ1) is 9.13. The molecule has 2 rings (SSSR count). The molecular formula is C10H9BrF2. The predicted molar refractivity (Wildman–Crippen MR) is 51.1 cm³/mol. The Kier molecular flexibility index (Phi) is 1.78. The smallest absolute Gasteiger partial charge is 0.206 e. The minimum absolute atomic E-state index is 0.0391. The third-order valence-corrected chi connectivity index (χ3v) is 3.42. The highest BCUT2D eigenvalue weighted by atomic mass is 79.9. The third-order valence-electron chi connectivity index (χ3n) is 2.73. The van der Waals surface area contributed by atoms with Crippen molar-refractivity contribution in [3.05, 3.63) is 34.3 Å². The average molecular weight is 247 g/mol. The molecule has 0 radical (unpaired) electrons.